The molecule has 16 heavy (non-hydrogen) atoms. The van der Waals surface area contributed by atoms with E-state index in [2.05, 4.69) is 31.9 Å². The van der Waals surface area contributed by atoms with Crippen LogP contribution in [0.4, 0.5) is 5.69 Å². The second kappa shape index (κ2) is 5.35. The lowest BCUT2D eigenvalue weighted by atomic mass is 10.1. The van der Waals surface area contributed by atoms with Gasteiger partial charge in [-0.15, -0.1) is 0 Å². The maximum Gasteiger partial charge on any atom is 0.282 e. The Morgan fingerprint density at radius 3 is 2.31 bits per heavy atom. The lowest BCUT2D eigenvalue weighted by molar-refractivity contribution is -0.492. The molecule has 86 valence electrons. The largest absolute Gasteiger partial charge is 0.282 e. The van der Waals surface area contributed by atoms with Gasteiger partial charge in [0.2, 0.25) is 0 Å². The third-order valence-electron chi connectivity index (χ3n) is 1.84. The van der Waals surface area contributed by atoms with Crippen LogP contribution < -0.4 is 0 Å². The Labute approximate surface area is 107 Å². The van der Waals surface area contributed by atoms with Gasteiger partial charge in [-0.25, -0.2) is 0 Å². The number of rotatable bonds is 4. The lowest BCUT2D eigenvalue weighted by Crippen LogP contribution is -2.17. The van der Waals surface area contributed by atoms with Crippen molar-refractivity contribution in [1.82, 2.24) is 0 Å². The van der Waals surface area contributed by atoms with Crippen LogP contribution in [0.5, 0.6) is 0 Å². The summed E-state index contributed by atoms with van der Waals surface area (Å²) in [5, 5.41) is 21.1. The van der Waals surface area contributed by atoms with Crippen molar-refractivity contribution in [3.63, 3.8) is 0 Å². The minimum Gasteiger partial charge on any atom is -0.263 e. The fraction of sp³-hybridized carbons (Fsp3) is 0.250. The normalized spacial score (nSPS) is 14.1. The van der Waals surface area contributed by atoms with Gasteiger partial charge in [0.25, 0.3) is 10.6 Å². The highest BCUT2D eigenvalue weighted by atomic mass is 79.9. The van der Waals surface area contributed by atoms with E-state index in [4.69, 9.17) is 0 Å². The maximum absolute atomic E-state index is 10.5. The van der Waals surface area contributed by atoms with Crippen LogP contribution in [0, 0.1) is 20.2 Å². The van der Waals surface area contributed by atoms with Gasteiger partial charge >= 0.3 is 0 Å². The van der Waals surface area contributed by atoms with Crippen LogP contribution in [0.3, 0.4) is 0 Å². The van der Waals surface area contributed by atoms with Crippen LogP contribution in [0.1, 0.15) is 10.4 Å². The molecule has 1 aromatic rings. The van der Waals surface area contributed by atoms with Gasteiger partial charge in [0.1, 0.15) is 4.83 Å². The second-order valence-corrected chi connectivity index (χ2v) is 4.84. The van der Waals surface area contributed by atoms with E-state index in [1.165, 1.54) is 18.2 Å². The highest BCUT2D eigenvalue weighted by molar-refractivity contribution is 9.12. The summed E-state index contributed by atoms with van der Waals surface area (Å²) in [6.07, 6.45) is 0. The molecule has 2 atom stereocenters. The standard InChI is InChI=1S/C8H6Br2N2O4/c9-7(8(10)12(15)16)5-2-1-3-6(4-5)11(13)14/h1-4,7-8H. The molecule has 0 amide bonds. The molecule has 0 aliphatic rings. The number of hydrogen-bond donors (Lipinski definition) is 0. The zero-order chi connectivity index (χ0) is 12.3. The molecule has 2 unspecified atom stereocenters. The highest BCUT2D eigenvalue weighted by Gasteiger charge is 2.28. The smallest absolute Gasteiger partial charge is 0.263 e. The number of nitro groups is 2. The van der Waals surface area contributed by atoms with E-state index in [-0.39, 0.29) is 5.69 Å². The van der Waals surface area contributed by atoms with Gasteiger partial charge in [0.15, 0.2) is 0 Å². The van der Waals surface area contributed by atoms with Gasteiger partial charge in [0.05, 0.1) is 4.92 Å². The lowest BCUT2D eigenvalue weighted by Gasteiger charge is -2.09. The van der Waals surface area contributed by atoms with Crippen molar-refractivity contribution < 1.29 is 9.85 Å². The van der Waals surface area contributed by atoms with Crippen molar-refractivity contribution in [3.8, 4) is 0 Å². The molecule has 0 spiro atoms. The Balaban J connectivity index is 3.00. The predicted octanol–water partition coefficient (Wildman–Crippen LogP) is 3.03. The first-order chi connectivity index (χ1) is 7.43. The zero-order valence-corrected chi connectivity index (χ0v) is 10.9. The number of halogens is 2. The van der Waals surface area contributed by atoms with Crippen molar-refractivity contribution in [3.05, 3.63) is 50.1 Å². The molecule has 0 heterocycles. The molecule has 0 aliphatic carbocycles. The Hall–Kier alpha value is -1.02. The molecule has 0 N–H and O–H groups in total. The summed E-state index contributed by atoms with van der Waals surface area (Å²) < 4.78 is 0. The van der Waals surface area contributed by atoms with Gasteiger partial charge in [0, 0.05) is 17.1 Å². The Morgan fingerprint density at radius 2 is 1.81 bits per heavy atom. The van der Waals surface area contributed by atoms with E-state index in [1.54, 1.807) is 6.07 Å². The van der Waals surface area contributed by atoms with Crippen LogP contribution in [0.15, 0.2) is 24.3 Å². The molecular weight excluding hydrogens is 348 g/mol. The van der Waals surface area contributed by atoms with Crippen molar-refractivity contribution in [2.45, 2.75) is 9.78 Å². The van der Waals surface area contributed by atoms with Crippen LogP contribution in [0.2, 0.25) is 0 Å². The number of hydrogen-bond acceptors (Lipinski definition) is 4. The van der Waals surface area contributed by atoms with E-state index in [0.717, 1.165) is 0 Å². The first-order valence-corrected chi connectivity index (χ1v) is 5.92. The molecular formula is C8H6Br2N2O4. The van der Waals surface area contributed by atoms with E-state index in [1.807, 2.05) is 0 Å². The monoisotopic (exact) mass is 352 g/mol. The van der Waals surface area contributed by atoms with Crippen LogP contribution >= 0.6 is 31.9 Å². The Kier molecular flexibility index (Phi) is 4.36. The molecule has 1 aromatic carbocycles. The number of alkyl halides is 2. The van der Waals surface area contributed by atoms with Crippen molar-refractivity contribution in [2.75, 3.05) is 0 Å². The summed E-state index contributed by atoms with van der Waals surface area (Å²) in [4.78, 5) is 18.3. The van der Waals surface area contributed by atoms with Gasteiger partial charge in [-0.1, -0.05) is 28.1 Å². The summed E-state index contributed by atoms with van der Waals surface area (Å²) in [6, 6.07) is 5.71. The Bertz CT molecular complexity index is 426. The van der Waals surface area contributed by atoms with Gasteiger partial charge < -0.3 is 0 Å². The van der Waals surface area contributed by atoms with E-state index >= 15 is 0 Å². The summed E-state index contributed by atoms with van der Waals surface area (Å²) in [7, 11) is 0. The molecule has 0 radical (unpaired) electrons. The van der Waals surface area contributed by atoms with Crippen LogP contribution in [-0.2, 0) is 0 Å². The number of nitrogens with zero attached hydrogens (tertiary/aromatic N) is 2. The van der Waals surface area contributed by atoms with E-state index in [0.29, 0.717) is 5.56 Å². The summed E-state index contributed by atoms with van der Waals surface area (Å²) >= 11 is 6.01. The topological polar surface area (TPSA) is 86.3 Å². The molecule has 1 rings (SSSR count). The van der Waals surface area contributed by atoms with E-state index < -0.39 is 19.6 Å². The summed E-state index contributed by atoms with van der Waals surface area (Å²) in [5.74, 6) is 0. The fourth-order valence-electron chi connectivity index (χ4n) is 1.08. The third-order valence-corrected chi connectivity index (χ3v) is 4.44. The van der Waals surface area contributed by atoms with Crippen LogP contribution in [0.25, 0.3) is 0 Å². The molecule has 0 aliphatic heterocycles. The molecule has 6 nitrogen and oxygen atoms in total. The average Bonchev–Trinajstić information content (AvgIpc) is 2.27. The molecule has 0 fully saturated rings. The number of benzene rings is 1. The quantitative estimate of drug-likeness (QED) is 0.360. The van der Waals surface area contributed by atoms with Gasteiger partial charge in [-0.05, 0) is 21.5 Å². The molecule has 0 saturated carbocycles. The number of non-ortho nitro benzene ring substituents is 1. The first kappa shape index (κ1) is 13.0. The first-order valence-electron chi connectivity index (χ1n) is 4.09. The minimum atomic E-state index is -1.03. The molecule has 0 bridgehead atoms. The highest BCUT2D eigenvalue weighted by Crippen LogP contribution is 2.32. The second-order valence-electron chi connectivity index (χ2n) is 2.91. The van der Waals surface area contributed by atoms with Crippen molar-refractivity contribution >= 4 is 37.5 Å². The maximum atomic E-state index is 10.5. The number of nitro benzene ring substituents is 1. The molecule has 8 heteroatoms. The summed E-state index contributed by atoms with van der Waals surface area (Å²) in [6.45, 7) is 0. The van der Waals surface area contributed by atoms with Crippen molar-refractivity contribution in [1.29, 1.82) is 0 Å². The van der Waals surface area contributed by atoms with Gasteiger partial charge in [-0.3, -0.25) is 20.2 Å². The fourth-order valence-corrected chi connectivity index (χ4v) is 1.86. The summed E-state index contributed by atoms with van der Waals surface area (Å²) in [5.41, 5.74) is 0.387. The molecule has 0 saturated heterocycles. The van der Waals surface area contributed by atoms with Crippen LogP contribution in [-0.4, -0.2) is 14.8 Å². The zero-order valence-electron chi connectivity index (χ0n) is 7.75. The SMILES string of the molecule is O=[N+]([O-])c1cccc(C(Br)C(Br)[N+](=O)[O-])c1. The predicted molar refractivity (Wildman–Crippen MR) is 64.5 cm³/mol. The average molecular weight is 354 g/mol. The third kappa shape index (κ3) is 2.99. The molecule has 0 aromatic heterocycles. The van der Waals surface area contributed by atoms with Gasteiger partial charge in [-0.2, -0.15) is 0 Å². The van der Waals surface area contributed by atoms with Crippen molar-refractivity contribution in [2.24, 2.45) is 0 Å². The van der Waals surface area contributed by atoms with E-state index in [9.17, 15) is 20.2 Å². The Morgan fingerprint density at radius 1 is 1.19 bits per heavy atom. The minimum absolute atomic E-state index is 0.0926.